The van der Waals surface area contributed by atoms with Gasteiger partial charge in [-0.3, -0.25) is 0 Å². The van der Waals surface area contributed by atoms with Crippen molar-refractivity contribution in [3.8, 4) is 5.75 Å². The van der Waals surface area contributed by atoms with Crippen LogP contribution < -0.4 is 4.74 Å². The van der Waals surface area contributed by atoms with Gasteiger partial charge in [-0.2, -0.15) is 0 Å². The molecule has 0 radical (unpaired) electrons. The Morgan fingerprint density at radius 2 is 2.36 bits per heavy atom. The van der Waals surface area contributed by atoms with E-state index in [4.69, 9.17) is 4.74 Å². The largest absolute Gasteiger partial charge is 0.490 e. The molecule has 0 N–H and O–H groups in total. The third-order valence-electron chi connectivity index (χ3n) is 1.16. The summed E-state index contributed by atoms with van der Waals surface area (Å²) in [5, 5.41) is 0. The summed E-state index contributed by atoms with van der Waals surface area (Å²) in [6.07, 6.45) is 1.74. The van der Waals surface area contributed by atoms with Gasteiger partial charge in [-0.15, -0.1) is 0 Å². The van der Waals surface area contributed by atoms with Gasteiger partial charge < -0.3 is 4.74 Å². The lowest BCUT2D eigenvalue weighted by Crippen LogP contribution is -1.92. The molecule has 2 heteroatoms. The Balaban J connectivity index is 2.63. The standard InChI is InChI=1S/C9H9IO/c1-2-6-11-9-5-3-4-8(10)7-9/h2-5,7H,1,6H2. The number of rotatable bonds is 3. The first-order valence-corrected chi connectivity index (χ1v) is 4.40. The second-order valence-electron chi connectivity index (χ2n) is 2.06. The predicted molar refractivity (Wildman–Crippen MR) is 54.9 cm³/mol. The van der Waals surface area contributed by atoms with Crippen LogP contribution in [0.25, 0.3) is 0 Å². The number of benzene rings is 1. The third kappa shape index (κ3) is 2.93. The van der Waals surface area contributed by atoms with E-state index in [1.54, 1.807) is 6.08 Å². The summed E-state index contributed by atoms with van der Waals surface area (Å²) in [6.45, 7) is 4.14. The highest BCUT2D eigenvalue weighted by Crippen LogP contribution is 2.14. The summed E-state index contributed by atoms with van der Waals surface area (Å²) in [6, 6.07) is 7.93. The molecule has 0 spiro atoms. The Morgan fingerprint density at radius 1 is 1.55 bits per heavy atom. The lowest BCUT2D eigenvalue weighted by atomic mass is 10.3. The molecule has 0 saturated heterocycles. The van der Waals surface area contributed by atoms with E-state index >= 15 is 0 Å². The smallest absolute Gasteiger partial charge is 0.120 e. The summed E-state index contributed by atoms with van der Waals surface area (Å²) >= 11 is 2.25. The van der Waals surface area contributed by atoms with Crippen LogP contribution in [0.15, 0.2) is 36.9 Å². The average molecular weight is 260 g/mol. The molecule has 0 bridgehead atoms. The maximum atomic E-state index is 5.31. The molecule has 0 aliphatic carbocycles. The van der Waals surface area contributed by atoms with Gasteiger partial charge in [0.05, 0.1) is 0 Å². The highest BCUT2D eigenvalue weighted by atomic mass is 127. The molecule has 0 unspecified atom stereocenters. The quantitative estimate of drug-likeness (QED) is 0.599. The minimum absolute atomic E-state index is 0.570. The molecule has 0 fully saturated rings. The van der Waals surface area contributed by atoms with Crippen LogP contribution in [-0.4, -0.2) is 6.61 Å². The van der Waals surface area contributed by atoms with E-state index in [2.05, 4.69) is 29.2 Å². The summed E-state index contributed by atoms with van der Waals surface area (Å²) in [5.74, 6) is 0.900. The van der Waals surface area contributed by atoms with E-state index in [0.717, 1.165) is 5.75 Å². The molecule has 1 aromatic rings. The maximum Gasteiger partial charge on any atom is 0.120 e. The van der Waals surface area contributed by atoms with Gasteiger partial charge in [0.25, 0.3) is 0 Å². The molecule has 11 heavy (non-hydrogen) atoms. The van der Waals surface area contributed by atoms with Gasteiger partial charge >= 0.3 is 0 Å². The molecule has 0 aliphatic heterocycles. The van der Waals surface area contributed by atoms with Crippen LogP contribution >= 0.6 is 22.6 Å². The van der Waals surface area contributed by atoms with Crippen molar-refractivity contribution in [3.05, 3.63) is 40.5 Å². The van der Waals surface area contributed by atoms with Gasteiger partial charge in [0.1, 0.15) is 12.4 Å². The average Bonchev–Trinajstić information content (AvgIpc) is 2.01. The van der Waals surface area contributed by atoms with E-state index in [1.165, 1.54) is 3.57 Å². The van der Waals surface area contributed by atoms with Crippen molar-refractivity contribution in [2.45, 2.75) is 0 Å². The minimum Gasteiger partial charge on any atom is -0.490 e. The van der Waals surface area contributed by atoms with E-state index in [1.807, 2.05) is 24.3 Å². The Labute approximate surface area is 80.2 Å². The van der Waals surface area contributed by atoms with Crippen molar-refractivity contribution in [1.82, 2.24) is 0 Å². The second-order valence-corrected chi connectivity index (χ2v) is 3.30. The molecule has 0 atom stereocenters. The zero-order valence-electron chi connectivity index (χ0n) is 6.09. The maximum absolute atomic E-state index is 5.31. The first-order chi connectivity index (χ1) is 5.33. The van der Waals surface area contributed by atoms with Gasteiger partial charge in [0, 0.05) is 3.57 Å². The monoisotopic (exact) mass is 260 g/mol. The molecule has 1 aromatic carbocycles. The van der Waals surface area contributed by atoms with Crippen LogP contribution in [0.2, 0.25) is 0 Å². The molecule has 1 nitrogen and oxygen atoms in total. The number of hydrogen-bond acceptors (Lipinski definition) is 1. The molecule has 58 valence electrons. The second kappa shape index (κ2) is 4.38. The van der Waals surface area contributed by atoms with E-state index < -0.39 is 0 Å². The molecular weight excluding hydrogens is 251 g/mol. The number of ether oxygens (including phenoxy) is 1. The molecule has 0 heterocycles. The van der Waals surface area contributed by atoms with E-state index in [9.17, 15) is 0 Å². The van der Waals surface area contributed by atoms with Gasteiger partial charge in [-0.1, -0.05) is 18.7 Å². The summed E-state index contributed by atoms with van der Waals surface area (Å²) in [7, 11) is 0. The normalized spacial score (nSPS) is 9.18. The molecule has 0 amide bonds. The van der Waals surface area contributed by atoms with Crippen molar-refractivity contribution in [2.75, 3.05) is 6.61 Å². The zero-order chi connectivity index (χ0) is 8.10. The first-order valence-electron chi connectivity index (χ1n) is 3.32. The molecule has 0 aromatic heterocycles. The molecule has 1 rings (SSSR count). The fraction of sp³-hybridized carbons (Fsp3) is 0.111. The molecular formula is C9H9IO. The van der Waals surface area contributed by atoms with Crippen molar-refractivity contribution < 1.29 is 4.74 Å². The Hall–Kier alpha value is -0.510. The number of halogens is 1. The van der Waals surface area contributed by atoms with Crippen LogP contribution in [0, 0.1) is 3.57 Å². The van der Waals surface area contributed by atoms with Crippen LogP contribution in [-0.2, 0) is 0 Å². The van der Waals surface area contributed by atoms with Crippen molar-refractivity contribution in [1.29, 1.82) is 0 Å². The van der Waals surface area contributed by atoms with Gasteiger partial charge in [-0.05, 0) is 40.8 Å². The lowest BCUT2D eigenvalue weighted by Gasteiger charge is -2.01. The van der Waals surface area contributed by atoms with E-state index in [-0.39, 0.29) is 0 Å². The fourth-order valence-corrected chi connectivity index (χ4v) is 1.23. The minimum atomic E-state index is 0.570. The van der Waals surface area contributed by atoms with Crippen LogP contribution in [0.3, 0.4) is 0 Å². The number of hydrogen-bond donors (Lipinski definition) is 0. The Bertz CT molecular complexity index is 245. The Kier molecular flexibility index (Phi) is 3.42. The van der Waals surface area contributed by atoms with Crippen LogP contribution in [0.1, 0.15) is 0 Å². The zero-order valence-corrected chi connectivity index (χ0v) is 8.24. The van der Waals surface area contributed by atoms with Gasteiger partial charge in [0.2, 0.25) is 0 Å². The van der Waals surface area contributed by atoms with Gasteiger partial charge in [-0.25, -0.2) is 0 Å². The SMILES string of the molecule is C=CCOc1cccc(I)c1. The molecule has 0 saturated carbocycles. The van der Waals surface area contributed by atoms with Crippen LogP contribution in [0.4, 0.5) is 0 Å². The van der Waals surface area contributed by atoms with Crippen LogP contribution in [0.5, 0.6) is 5.75 Å². The third-order valence-corrected chi connectivity index (χ3v) is 1.83. The highest BCUT2D eigenvalue weighted by molar-refractivity contribution is 14.1. The summed E-state index contributed by atoms with van der Waals surface area (Å²) < 4.78 is 6.50. The highest BCUT2D eigenvalue weighted by Gasteiger charge is 1.90. The predicted octanol–water partition coefficient (Wildman–Crippen LogP) is 2.86. The summed E-state index contributed by atoms with van der Waals surface area (Å²) in [5.41, 5.74) is 0. The van der Waals surface area contributed by atoms with Crippen molar-refractivity contribution in [3.63, 3.8) is 0 Å². The fourth-order valence-electron chi connectivity index (χ4n) is 0.712. The van der Waals surface area contributed by atoms with Crippen molar-refractivity contribution in [2.24, 2.45) is 0 Å². The van der Waals surface area contributed by atoms with Gasteiger partial charge in [0.15, 0.2) is 0 Å². The van der Waals surface area contributed by atoms with E-state index in [0.29, 0.717) is 6.61 Å². The Morgan fingerprint density at radius 3 is 3.00 bits per heavy atom. The first kappa shape index (κ1) is 8.59. The topological polar surface area (TPSA) is 9.23 Å². The lowest BCUT2D eigenvalue weighted by molar-refractivity contribution is 0.363. The summed E-state index contributed by atoms with van der Waals surface area (Å²) in [4.78, 5) is 0. The van der Waals surface area contributed by atoms with Crippen molar-refractivity contribution >= 4 is 22.6 Å². The molecule has 0 aliphatic rings.